The van der Waals surface area contributed by atoms with Crippen molar-refractivity contribution >= 4 is 11.3 Å². The highest BCUT2D eigenvalue weighted by molar-refractivity contribution is 7.10. The van der Waals surface area contributed by atoms with Gasteiger partial charge in [0.15, 0.2) is 0 Å². The van der Waals surface area contributed by atoms with Crippen LogP contribution in [0, 0.1) is 0 Å². The zero-order valence-corrected chi connectivity index (χ0v) is 10.8. The van der Waals surface area contributed by atoms with Crippen molar-refractivity contribution in [3.05, 3.63) is 22.4 Å². The molecule has 0 aliphatic heterocycles. The molecule has 0 bridgehead atoms. The SMILES string of the molecule is CCCCCCNC(CC)c1cccs1. The summed E-state index contributed by atoms with van der Waals surface area (Å²) in [4.78, 5) is 1.48. The summed E-state index contributed by atoms with van der Waals surface area (Å²) in [6.45, 7) is 5.67. The highest BCUT2D eigenvalue weighted by Gasteiger charge is 2.08. The third-order valence-corrected chi connectivity index (χ3v) is 3.70. The van der Waals surface area contributed by atoms with Crippen LogP contribution in [0.3, 0.4) is 0 Å². The van der Waals surface area contributed by atoms with Crippen LogP contribution in [-0.4, -0.2) is 6.54 Å². The van der Waals surface area contributed by atoms with Gasteiger partial charge in [0.2, 0.25) is 0 Å². The fourth-order valence-corrected chi connectivity index (χ4v) is 2.65. The van der Waals surface area contributed by atoms with E-state index < -0.39 is 0 Å². The van der Waals surface area contributed by atoms with Crippen molar-refractivity contribution in [2.75, 3.05) is 6.54 Å². The van der Waals surface area contributed by atoms with E-state index in [2.05, 4.69) is 36.7 Å². The van der Waals surface area contributed by atoms with Crippen LogP contribution in [0.4, 0.5) is 0 Å². The van der Waals surface area contributed by atoms with Gasteiger partial charge in [-0.05, 0) is 30.8 Å². The highest BCUT2D eigenvalue weighted by atomic mass is 32.1. The average molecular weight is 225 g/mol. The van der Waals surface area contributed by atoms with Crippen molar-refractivity contribution < 1.29 is 0 Å². The number of rotatable bonds is 8. The lowest BCUT2D eigenvalue weighted by Crippen LogP contribution is -2.20. The smallest absolute Gasteiger partial charge is 0.0412 e. The van der Waals surface area contributed by atoms with Crippen LogP contribution in [0.15, 0.2) is 17.5 Å². The molecule has 1 aromatic rings. The second kappa shape index (κ2) is 7.89. The zero-order chi connectivity index (χ0) is 10.9. The quantitative estimate of drug-likeness (QED) is 0.648. The van der Waals surface area contributed by atoms with Gasteiger partial charge >= 0.3 is 0 Å². The van der Waals surface area contributed by atoms with Gasteiger partial charge in [-0.2, -0.15) is 0 Å². The maximum atomic E-state index is 3.64. The number of hydrogen-bond donors (Lipinski definition) is 1. The van der Waals surface area contributed by atoms with Crippen molar-refractivity contribution in [3.63, 3.8) is 0 Å². The van der Waals surface area contributed by atoms with E-state index in [1.807, 2.05) is 11.3 Å². The van der Waals surface area contributed by atoms with Gasteiger partial charge < -0.3 is 5.32 Å². The zero-order valence-electron chi connectivity index (χ0n) is 9.96. The maximum Gasteiger partial charge on any atom is 0.0412 e. The van der Waals surface area contributed by atoms with E-state index >= 15 is 0 Å². The fraction of sp³-hybridized carbons (Fsp3) is 0.692. The summed E-state index contributed by atoms with van der Waals surface area (Å²) >= 11 is 1.86. The van der Waals surface area contributed by atoms with Gasteiger partial charge in [0, 0.05) is 10.9 Å². The summed E-state index contributed by atoms with van der Waals surface area (Å²) in [6, 6.07) is 4.95. The first-order valence-electron chi connectivity index (χ1n) is 6.15. The molecule has 0 saturated carbocycles. The molecule has 0 spiro atoms. The van der Waals surface area contributed by atoms with Gasteiger partial charge in [0.05, 0.1) is 0 Å². The van der Waals surface area contributed by atoms with Crippen LogP contribution in [0.25, 0.3) is 0 Å². The van der Waals surface area contributed by atoms with Gasteiger partial charge in [-0.25, -0.2) is 0 Å². The van der Waals surface area contributed by atoms with Crippen LogP contribution in [0.1, 0.15) is 56.9 Å². The number of unbranched alkanes of at least 4 members (excludes halogenated alkanes) is 3. The summed E-state index contributed by atoms with van der Waals surface area (Å²) in [6.07, 6.45) is 6.56. The van der Waals surface area contributed by atoms with Gasteiger partial charge in [-0.1, -0.05) is 39.2 Å². The first-order valence-corrected chi connectivity index (χ1v) is 7.03. The average Bonchev–Trinajstić information content (AvgIpc) is 2.77. The Morgan fingerprint density at radius 2 is 2.13 bits per heavy atom. The number of hydrogen-bond acceptors (Lipinski definition) is 2. The molecule has 0 saturated heterocycles. The highest BCUT2D eigenvalue weighted by Crippen LogP contribution is 2.21. The molecule has 1 rings (SSSR count). The molecule has 0 fully saturated rings. The molecular weight excluding hydrogens is 202 g/mol. The Bertz CT molecular complexity index is 231. The molecule has 0 aliphatic carbocycles. The molecule has 1 N–H and O–H groups in total. The standard InChI is InChI=1S/C13H23NS/c1-3-5-6-7-10-14-12(4-2)13-9-8-11-15-13/h8-9,11-12,14H,3-7,10H2,1-2H3. The Labute approximate surface area is 97.9 Å². The van der Waals surface area contributed by atoms with E-state index in [0.717, 1.165) is 6.54 Å². The minimum absolute atomic E-state index is 0.576. The van der Waals surface area contributed by atoms with Crippen LogP contribution < -0.4 is 5.32 Å². The van der Waals surface area contributed by atoms with Gasteiger partial charge in [0.1, 0.15) is 0 Å². The van der Waals surface area contributed by atoms with Gasteiger partial charge in [-0.3, -0.25) is 0 Å². The second-order valence-electron chi connectivity index (χ2n) is 3.99. The topological polar surface area (TPSA) is 12.0 Å². The molecule has 1 unspecified atom stereocenters. The maximum absolute atomic E-state index is 3.64. The Kier molecular flexibility index (Phi) is 6.69. The van der Waals surface area contributed by atoms with E-state index in [4.69, 9.17) is 0 Å². The van der Waals surface area contributed by atoms with E-state index in [0.29, 0.717) is 6.04 Å². The minimum Gasteiger partial charge on any atom is -0.309 e. The van der Waals surface area contributed by atoms with Crippen molar-refractivity contribution in [3.8, 4) is 0 Å². The Hall–Kier alpha value is -0.340. The summed E-state index contributed by atoms with van der Waals surface area (Å²) < 4.78 is 0. The van der Waals surface area contributed by atoms with E-state index in [1.54, 1.807) is 0 Å². The molecule has 1 atom stereocenters. The van der Waals surface area contributed by atoms with Crippen LogP contribution in [0.5, 0.6) is 0 Å². The Morgan fingerprint density at radius 3 is 2.73 bits per heavy atom. The molecule has 0 aromatic carbocycles. The number of thiophene rings is 1. The predicted molar refractivity (Wildman–Crippen MR) is 69.5 cm³/mol. The van der Waals surface area contributed by atoms with E-state index in [9.17, 15) is 0 Å². The van der Waals surface area contributed by atoms with Crippen LogP contribution in [-0.2, 0) is 0 Å². The summed E-state index contributed by atoms with van der Waals surface area (Å²) in [7, 11) is 0. The Morgan fingerprint density at radius 1 is 1.27 bits per heavy atom. The lowest BCUT2D eigenvalue weighted by molar-refractivity contribution is 0.503. The molecule has 86 valence electrons. The first-order chi connectivity index (χ1) is 7.38. The molecule has 15 heavy (non-hydrogen) atoms. The van der Waals surface area contributed by atoms with Crippen molar-refractivity contribution in [1.29, 1.82) is 0 Å². The fourth-order valence-electron chi connectivity index (χ4n) is 1.76. The molecule has 0 amide bonds. The first kappa shape index (κ1) is 12.7. The van der Waals surface area contributed by atoms with Crippen molar-refractivity contribution in [2.45, 2.75) is 52.0 Å². The lowest BCUT2D eigenvalue weighted by atomic mass is 10.1. The van der Waals surface area contributed by atoms with Gasteiger partial charge in [0.25, 0.3) is 0 Å². The predicted octanol–water partition coefficient (Wildman–Crippen LogP) is 4.37. The molecule has 2 heteroatoms. The molecule has 0 radical (unpaired) electrons. The molecule has 0 aliphatic rings. The summed E-state index contributed by atoms with van der Waals surface area (Å²) in [5, 5.41) is 5.80. The van der Waals surface area contributed by atoms with Crippen molar-refractivity contribution in [1.82, 2.24) is 5.32 Å². The minimum atomic E-state index is 0.576. The third-order valence-electron chi connectivity index (χ3n) is 2.72. The van der Waals surface area contributed by atoms with Crippen LogP contribution >= 0.6 is 11.3 Å². The largest absolute Gasteiger partial charge is 0.309 e. The van der Waals surface area contributed by atoms with E-state index in [-0.39, 0.29) is 0 Å². The number of nitrogens with one attached hydrogen (secondary N) is 1. The van der Waals surface area contributed by atoms with Crippen molar-refractivity contribution in [2.24, 2.45) is 0 Å². The molecule has 1 aromatic heterocycles. The van der Waals surface area contributed by atoms with E-state index in [1.165, 1.54) is 37.0 Å². The third kappa shape index (κ3) is 4.80. The monoisotopic (exact) mass is 225 g/mol. The Balaban J connectivity index is 2.18. The molecule has 1 nitrogen and oxygen atoms in total. The molecule has 1 heterocycles. The lowest BCUT2D eigenvalue weighted by Gasteiger charge is -2.15. The van der Waals surface area contributed by atoms with Gasteiger partial charge in [-0.15, -0.1) is 11.3 Å². The molecular formula is C13H23NS. The van der Waals surface area contributed by atoms with Crippen LogP contribution in [0.2, 0.25) is 0 Å². The summed E-state index contributed by atoms with van der Waals surface area (Å²) in [5.74, 6) is 0. The normalized spacial score (nSPS) is 12.9. The summed E-state index contributed by atoms with van der Waals surface area (Å²) in [5.41, 5.74) is 0. The second-order valence-corrected chi connectivity index (χ2v) is 4.97.